The number of oxazole rings is 1. The molecular weight excluding hydrogens is 302 g/mol. The van der Waals surface area contributed by atoms with Crippen molar-refractivity contribution in [3.8, 4) is 5.75 Å². The van der Waals surface area contributed by atoms with Gasteiger partial charge in [0.05, 0.1) is 10.9 Å². The van der Waals surface area contributed by atoms with Crippen molar-refractivity contribution in [2.45, 2.75) is 17.3 Å². The highest BCUT2D eigenvalue weighted by Gasteiger charge is 2.51. The van der Waals surface area contributed by atoms with E-state index in [0.29, 0.717) is 5.69 Å². The fraction of sp³-hybridized carbons (Fsp3) is 0.400. The number of thioether (sulfide) groups is 1. The molecule has 1 unspecified atom stereocenters. The van der Waals surface area contributed by atoms with E-state index in [9.17, 15) is 4.79 Å². The molecule has 2 fully saturated rings. The van der Waals surface area contributed by atoms with Crippen LogP contribution in [0.2, 0.25) is 0 Å². The van der Waals surface area contributed by atoms with Crippen molar-refractivity contribution in [2.24, 2.45) is 0 Å². The number of likely N-dealkylation sites (tertiary alicyclic amines) is 1. The average molecular weight is 317 g/mol. The molecule has 114 valence electrons. The lowest BCUT2D eigenvalue weighted by molar-refractivity contribution is 0.0512. The Morgan fingerprint density at radius 1 is 1.50 bits per heavy atom. The van der Waals surface area contributed by atoms with Crippen LogP contribution in [0.15, 0.2) is 41.6 Å². The van der Waals surface area contributed by atoms with Gasteiger partial charge in [0.2, 0.25) is 0 Å². The van der Waals surface area contributed by atoms with Crippen LogP contribution in [-0.4, -0.2) is 50.5 Å². The maximum Gasteiger partial charge on any atom is 0.275 e. The number of aromatic nitrogens is 2. The number of ether oxygens (including phenoxy) is 1. The minimum absolute atomic E-state index is 0.0587. The van der Waals surface area contributed by atoms with Crippen LogP contribution in [0.1, 0.15) is 16.9 Å². The fourth-order valence-corrected chi connectivity index (χ4v) is 4.50. The highest BCUT2D eigenvalue weighted by Crippen LogP contribution is 2.46. The minimum Gasteiger partial charge on any atom is -0.488 e. The summed E-state index contributed by atoms with van der Waals surface area (Å²) in [6.07, 6.45) is 7.27. The first kappa shape index (κ1) is 13.6. The van der Waals surface area contributed by atoms with Crippen molar-refractivity contribution in [3.63, 3.8) is 0 Å². The van der Waals surface area contributed by atoms with Crippen molar-refractivity contribution in [3.05, 3.63) is 42.9 Å². The van der Waals surface area contributed by atoms with Gasteiger partial charge in [-0.2, -0.15) is 0 Å². The molecule has 2 aromatic heterocycles. The predicted molar refractivity (Wildman–Crippen MR) is 80.9 cm³/mol. The van der Waals surface area contributed by atoms with Crippen molar-refractivity contribution in [1.82, 2.24) is 14.9 Å². The third-order valence-electron chi connectivity index (χ3n) is 4.01. The minimum atomic E-state index is -0.0587. The Morgan fingerprint density at radius 3 is 3.14 bits per heavy atom. The Balaban J connectivity index is 1.33. The van der Waals surface area contributed by atoms with Crippen LogP contribution in [0.25, 0.3) is 0 Å². The molecule has 2 aliphatic heterocycles. The Kier molecular flexibility index (Phi) is 3.29. The number of hydrogen-bond acceptors (Lipinski definition) is 6. The van der Waals surface area contributed by atoms with Crippen LogP contribution in [0.5, 0.6) is 5.75 Å². The quantitative estimate of drug-likeness (QED) is 0.860. The SMILES string of the molecule is O=C(c1cocn1)N1CC2(CC(Oc3cccnc3)CS2)C1. The Labute approximate surface area is 131 Å². The molecule has 0 N–H and O–H groups in total. The van der Waals surface area contributed by atoms with Gasteiger partial charge < -0.3 is 14.1 Å². The summed E-state index contributed by atoms with van der Waals surface area (Å²) in [5.74, 6) is 1.69. The number of hydrogen-bond donors (Lipinski definition) is 0. The molecule has 1 atom stereocenters. The molecule has 1 spiro atoms. The topological polar surface area (TPSA) is 68.5 Å². The van der Waals surface area contributed by atoms with Gasteiger partial charge in [-0.1, -0.05) is 0 Å². The maximum absolute atomic E-state index is 12.2. The summed E-state index contributed by atoms with van der Waals surface area (Å²) in [6.45, 7) is 1.49. The second kappa shape index (κ2) is 5.31. The Hall–Kier alpha value is -2.02. The summed E-state index contributed by atoms with van der Waals surface area (Å²) in [4.78, 5) is 21.9. The van der Waals surface area contributed by atoms with Crippen LogP contribution in [0, 0.1) is 0 Å². The van der Waals surface area contributed by atoms with Crippen LogP contribution in [0.3, 0.4) is 0 Å². The molecule has 7 heteroatoms. The Bertz CT molecular complexity index is 656. The molecule has 0 radical (unpaired) electrons. The van der Waals surface area contributed by atoms with Gasteiger partial charge in [0.1, 0.15) is 18.1 Å². The van der Waals surface area contributed by atoms with Gasteiger partial charge in [-0.25, -0.2) is 4.98 Å². The monoisotopic (exact) mass is 317 g/mol. The molecule has 0 aliphatic carbocycles. The molecule has 2 aliphatic rings. The van der Waals surface area contributed by atoms with Gasteiger partial charge >= 0.3 is 0 Å². The molecule has 0 saturated carbocycles. The molecule has 4 rings (SSSR count). The van der Waals surface area contributed by atoms with Crippen LogP contribution in [0.4, 0.5) is 0 Å². The zero-order chi connectivity index (χ0) is 15.0. The molecule has 1 amide bonds. The van der Waals surface area contributed by atoms with Gasteiger partial charge in [-0.3, -0.25) is 9.78 Å². The van der Waals surface area contributed by atoms with Crippen molar-refractivity contribution >= 4 is 17.7 Å². The molecule has 2 saturated heterocycles. The number of nitrogens with zero attached hydrogens (tertiary/aromatic N) is 3. The summed E-state index contributed by atoms with van der Waals surface area (Å²) in [6, 6.07) is 3.79. The molecule has 6 nitrogen and oxygen atoms in total. The van der Waals surface area contributed by atoms with E-state index in [4.69, 9.17) is 9.15 Å². The number of carbonyl (C=O) groups is 1. The van der Waals surface area contributed by atoms with Gasteiger partial charge in [0.15, 0.2) is 12.1 Å². The Morgan fingerprint density at radius 2 is 2.41 bits per heavy atom. The lowest BCUT2D eigenvalue weighted by atomic mass is 9.92. The zero-order valence-electron chi connectivity index (χ0n) is 11.8. The molecule has 4 heterocycles. The summed E-state index contributed by atoms with van der Waals surface area (Å²) in [7, 11) is 0. The largest absolute Gasteiger partial charge is 0.488 e. The van der Waals surface area contributed by atoms with Crippen LogP contribution >= 0.6 is 11.8 Å². The highest BCUT2D eigenvalue weighted by molar-refractivity contribution is 8.01. The third kappa shape index (κ3) is 2.45. The normalized spacial score (nSPS) is 22.5. The number of carbonyl (C=O) groups excluding carboxylic acids is 1. The molecular formula is C15H15N3O3S. The number of amides is 1. The first-order valence-corrected chi connectivity index (χ1v) is 8.11. The second-order valence-corrected chi connectivity index (χ2v) is 7.15. The molecule has 2 aromatic rings. The van der Waals surface area contributed by atoms with E-state index in [-0.39, 0.29) is 16.8 Å². The lowest BCUT2D eigenvalue weighted by Gasteiger charge is -2.47. The van der Waals surface area contributed by atoms with Crippen LogP contribution < -0.4 is 4.74 Å². The van der Waals surface area contributed by atoms with E-state index in [1.807, 2.05) is 28.8 Å². The average Bonchev–Trinajstić information content (AvgIpc) is 3.16. The van der Waals surface area contributed by atoms with Crippen molar-refractivity contribution in [2.75, 3.05) is 18.8 Å². The first-order valence-electron chi connectivity index (χ1n) is 7.12. The van der Waals surface area contributed by atoms with E-state index >= 15 is 0 Å². The van der Waals surface area contributed by atoms with E-state index in [1.165, 1.54) is 12.7 Å². The molecule has 22 heavy (non-hydrogen) atoms. The third-order valence-corrected chi connectivity index (χ3v) is 5.58. The lowest BCUT2D eigenvalue weighted by Crippen LogP contribution is -2.60. The van der Waals surface area contributed by atoms with Gasteiger partial charge in [-0.15, -0.1) is 11.8 Å². The fourth-order valence-electron chi connectivity index (χ4n) is 2.98. The predicted octanol–water partition coefficient (Wildman–Crippen LogP) is 1.85. The van der Waals surface area contributed by atoms with Gasteiger partial charge in [0, 0.05) is 31.5 Å². The van der Waals surface area contributed by atoms with Gasteiger partial charge in [-0.05, 0) is 12.1 Å². The van der Waals surface area contributed by atoms with E-state index in [1.54, 1.807) is 12.4 Å². The standard InChI is InChI=1S/C15H15N3O3S/c19-14(13-6-20-10-17-13)18-8-15(9-18)4-12(7-22-15)21-11-2-1-3-16-5-11/h1-3,5-6,10,12H,4,7-9H2. The molecule has 0 aromatic carbocycles. The first-order chi connectivity index (χ1) is 10.7. The number of rotatable bonds is 3. The second-order valence-electron chi connectivity index (χ2n) is 5.66. The summed E-state index contributed by atoms with van der Waals surface area (Å²) >= 11 is 1.89. The smallest absolute Gasteiger partial charge is 0.275 e. The van der Waals surface area contributed by atoms with Crippen molar-refractivity contribution in [1.29, 1.82) is 0 Å². The zero-order valence-corrected chi connectivity index (χ0v) is 12.7. The van der Waals surface area contributed by atoms with E-state index < -0.39 is 0 Å². The van der Waals surface area contributed by atoms with E-state index in [0.717, 1.165) is 31.0 Å². The summed E-state index contributed by atoms with van der Waals surface area (Å²) in [5.41, 5.74) is 0.376. The van der Waals surface area contributed by atoms with Crippen LogP contribution in [-0.2, 0) is 0 Å². The van der Waals surface area contributed by atoms with Gasteiger partial charge in [0.25, 0.3) is 5.91 Å². The summed E-state index contributed by atoms with van der Waals surface area (Å²) in [5, 5.41) is 0. The molecule has 0 bridgehead atoms. The highest BCUT2D eigenvalue weighted by atomic mass is 32.2. The summed E-state index contributed by atoms with van der Waals surface area (Å²) < 4.78 is 11.0. The van der Waals surface area contributed by atoms with E-state index in [2.05, 4.69) is 9.97 Å². The maximum atomic E-state index is 12.2. The number of pyridine rings is 1. The van der Waals surface area contributed by atoms with Crippen molar-refractivity contribution < 1.29 is 13.9 Å².